The van der Waals surface area contributed by atoms with Crippen LogP contribution in [0.2, 0.25) is 0 Å². The molecular formula is C28H44O. The van der Waals surface area contributed by atoms with E-state index in [1.165, 1.54) is 51.4 Å². The summed E-state index contributed by atoms with van der Waals surface area (Å²) in [4.78, 5) is 0. The molecule has 0 radical (unpaired) electrons. The molecule has 0 aliphatic heterocycles. The molecule has 0 amide bonds. The maximum absolute atomic E-state index is 10.4. The number of hydrogen-bond acceptors (Lipinski definition) is 1. The van der Waals surface area contributed by atoms with Crippen LogP contribution in [0.4, 0.5) is 0 Å². The van der Waals surface area contributed by atoms with Gasteiger partial charge in [0.1, 0.15) is 0 Å². The van der Waals surface area contributed by atoms with Gasteiger partial charge in [0, 0.05) is 0 Å². The first-order valence-electron chi connectivity index (χ1n) is 13.0. The normalized spacial score (nSPS) is 63.2. The van der Waals surface area contributed by atoms with Crippen molar-refractivity contribution in [3.05, 3.63) is 11.6 Å². The van der Waals surface area contributed by atoms with Crippen LogP contribution in [0.5, 0.6) is 0 Å². The zero-order valence-electron chi connectivity index (χ0n) is 19.6. The van der Waals surface area contributed by atoms with E-state index in [0.717, 1.165) is 48.3 Å². The van der Waals surface area contributed by atoms with Crippen LogP contribution in [0.3, 0.4) is 0 Å². The molecule has 6 aliphatic carbocycles. The first-order valence-corrected chi connectivity index (χ1v) is 13.0. The fourth-order valence-corrected chi connectivity index (χ4v) is 10.7. The Morgan fingerprint density at radius 3 is 2.52 bits per heavy atom. The van der Waals surface area contributed by atoms with Crippen molar-refractivity contribution in [2.45, 2.75) is 105 Å². The Balaban J connectivity index is 1.43. The summed E-state index contributed by atoms with van der Waals surface area (Å²) >= 11 is 0. The lowest BCUT2D eigenvalue weighted by Crippen LogP contribution is -2.61. The van der Waals surface area contributed by atoms with E-state index < -0.39 is 0 Å². The molecule has 6 rings (SSSR count). The average Bonchev–Trinajstić information content (AvgIpc) is 3.37. The van der Waals surface area contributed by atoms with Gasteiger partial charge in [0.25, 0.3) is 0 Å². The predicted molar refractivity (Wildman–Crippen MR) is 119 cm³/mol. The SMILES string of the molecule is CC1CC2CC23CCC2(C)C(=CCC4C5(C)CCC(O)CC5CCC42C)C3C1C. The van der Waals surface area contributed by atoms with Gasteiger partial charge >= 0.3 is 0 Å². The number of aliphatic hydroxyl groups excluding tert-OH is 1. The van der Waals surface area contributed by atoms with Crippen LogP contribution >= 0.6 is 0 Å². The molecule has 0 heterocycles. The lowest BCUT2D eigenvalue weighted by molar-refractivity contribution is -0.161. The Labute approximate surface area is 179 Å². The smallest absolute Gasteiger partial charge is 0.0543 e. The second kappa shape index (κ2) is 5.73. The second-order valence-electron chi connectivity index (χ2n) is 13.6. The number of aliphatic hydroxyl groups is 1. The number of rotatable bonds is 0. The molecule has 1 N–H and O–H groups in total. The molecule has 11 atom stereocenters. The molecule has 1 spiro atoms. The summed E-state index contributed by atoms with van der Waals surface area (Å²) in [5.74, 6) is 5.27. The quantitative estimate of drug-likeness (QED) is 0.437. The average molecular weight is 397 g/mol. The van der Waals surface area contributed by atoms with Crippen molar-refractivity contribution < 1.29 is 5.11 Å². The summed E-state index contributed by atoms with van der Waals surface area (Å²) in [6.45, 7) is 13.2. The fourth-order valence-electron chi connectivity index (χ4n) is 10.7. The van der Waals surface area contributed by atoms with E-state index in [-0.39, 0.29) is 6.10 Å². The number of fused-ring (bicyclic) bond motifs is 6. The van der Waals surface area contributed by atoms with E-state index in [9.17, 15) is 5.11 Å². The van der Waals surface area contributed by atoms with Crippen LogP contribution in [0.25, 0.3) is 0 Å². The van der Waals surface area contributed by atoms with Crippen LogP contribution in [0.15, 0.2) is 11.6 Å². The third-order valence-electron chi connectivity index (χ3n) is 13.0. The van der Waals surface area contributed by atoms with Crippen molar-refractivity contribution in [1.29, 1.82) is 0 Å². The monoisotopic (exact) mass is 396 g/mol. The van der Waals surface area contributed by atoms with Crippen molar-refractivity contribution in [2.24, 2.45) is 57.2 Å². The number of allylic oxidation sites excluding steroid dienone is 2. The fraction of sp³-hybridized carbons (Fsp3) is 0.929. The van der Waals surface area contributed by atoms with Crippen molar-refractivity contribution in [1.82, 2.24) is 0 Å². The molecule has 0 aromatic carbocycles. The molecular weight excluding hydrogens is 352 g/mol. The first-order chi connectivity index (χ1) is 13.7. The van der Waals surface area contributed by atoms with Gasteiger partial charge in [-0.15, -0.1) is 0 Å². The Morgan fingerprint density at radius 2 is 1.72 bits per heavy atom. The maximum Gasteiger partial charge on any atom is 0.0543 e. The van der Waals surface area contributed by atoms with Crippen LogP contribution in [-0.2, 0) is 0 Å². The standard InChI is InChI=1S/C28H44O/c1-17-14-20-16-28(20)13-12-26(4)22(24(28)18(17)2)6-7-23-25(3)10-9-21(29)15-19(25)8-11-27(23,26)5/h6,17-21,23-24,29H,7-16H2,1-5H3. The number of hydrogen-bond donors (Lipinski definition) is 1. The van der Waals surface area contributed by atoms with E-state index in [0.29, 0.717) is 21.7 Å². The first kappa shape index (κ1) is 19.4. The van der Waals surface area contributed by atoms with E-state index in [1.54, 1.807) is 0 Å². The van der Waals surface area contributed by atoms with E-state index in [2.05, 4.69) is 40.7 Å². The molecule has 5 fully saturated rings. The van der Waals surface area contributed by atoms with Crippen molar-refractivity contribution >= 4 is 0 Å². The van der Waals surface area contributed by atoms with Gasteiger partial charge in [-0.1, -0.05) is 46.3 Å². The zero-order valence-corrected chi connectivity index (χ0v) is 19.6. The van der Waals surface area contributed by atoms with Gasteiger partial charge in [-0.05, 0) is 121 Å². The maximum atomic E-state index is 10.4. The van der Waals surface area contributed by atoms with Gasteiger partial charge in [-0.25, -0.2) is 0 Å². The van der Waals surface area contributed by atoms with Gasteiger partial charge in [-0.2, -0.15) is 0 Å². The third-order valence-corrected chi connectivity index (χ3v) is 13.0. The molecule has 0 saturated heterocycles. The molecule has 6 aliphatic rings. The highest BCUT2D eigenvalue weighted by atomic mass is 16.3. The predicted octanol–water partition coefficient (Wildman–Crippen LogP) is 7.00. The largest absolute Gasteiger partial charge is 0.393 e. The highest BCUT2D eigenvalue weighted by Crippen LogP contribution is 2.79. The minimum atomic E-state index is -0.0337. The van der Waals surface area contributed by atoms with Gasteiger partial charge < -0.3 is 5.11 Å². The molecule has 29 heavy (non-hydrogen) atoms. The molecule has 5 saturated carbocycles. The zero-order chi connectivity index (χ0) is 20.4. The molecule has 0 aromatic heterocycles. The molecule has 0 aromatic rings. The lowest BCUT2D eigenvalue weighted by atomic mass is 9.36. The molecule has 1 heteroatoms. The van der Waals surface area contributed by atoms with Crippen LogP contribution in [-0.4, -0.2) is 11.2 Å². The molecule has 162 valence electrons. The third kappa shape index (κ3) is 2.18. The van der Waals surface area contributed by atoms with Crippen molar-refractivity contribution in [2.75, 3.05) is 0 Å². The van der Waals surface area contributed by atoms with Gasteiger partial charge in [0.15, 0.2) is 0 Å². The van der Waals surface area contributed by atoms with Crippen LogP contribution in [0.1, 0.15) is 98.8 Å². The Hall–Kier alpha value is -0.300. The van der Waals surface area contributed by atoms with Crippen LogP contribution < -0.4 is 0 Å². The second-order valence-corrected chi connectivity index (χ2v) is 13.6. The molecule has 11 unspecified atom stereocenters. The summed E-state index contributed by atoms with van der Waals surface area (Å²) in [6.07, 6.45) is 16.2. The van der Waals surface area contributed by atoms with E-state index in [4.69, 9.17) is 0 Å². The Morgan fingerprint density at radius 1 is 0.931 bits per heavy atom. The molecule has 1 nitrogen and oxygen atoms in total. The van der Waals surface area contributed by atoms with E-state index in [1.807, 2.05) is 5.57 Å². The van der Waals surface area contributed by atoms with Crippen LogP contribution in [0, 0.1) is 57.2 Å². The Bertz CT molecular complexity index is 753. The van der Waals surface area contributed by atoms with Gasteiger partial charge in [0.2, 0.25) is 0 Å². The van der Waals surface area contributed by atoms with Gasteiger partial charge in [-0.3, -0.25) is 0 Å². The summed E-state index contributed by atoms with van der Waals surface area (Å²) in [6, 6.07) is 0. The van der Waals surface area contributed by atoms with Gasteiger partial charge in [0.05, 0.1) is 6.10 Å². The Kier molecular flexibility index (Phi) is 3.83. The van der Waals surface area contributed by atoms with Crippen molar-refractivity contribution in [3.8, 4) is 0 Å². The van der Waals surface area contributed by atoms with E-state index >= 15 is 0 Å². The van der Waals surface area contributed by atoms with Crippen molar-refractivity contribution in [3.63, 3.8) is 0 Å². The topological polar surface area (TPSA) is 20.2 Å². The highest BCUT2D eigenvalue weighted by molar-refractivity contribution is 5.36. The minimum Gasteiger partial charge on any atom is -0.393 e. The highest BCUT2D eigenvalue weighted by Gasteiger charge is 2.71. The lowest BCUT2D eigenvalue weighted by Gasteiger charge is -2.69. The summed E-state index contributed by atoms with van der Waals surface area (Å²) < 4.78 is 0. The summed E-state index contributed by atoms with van der Waals surface area (Å²) in [5, 5.41) is 10.4. The summed E-state index contributed by atoms with van der Waals surface area (Å²) in [5.41, 5.74) is 3.95. The summed E-state index contributed by atoms with van der Waals surface area (Å²) in [7, 11) is 0. The molecule has 0 bridgehead atoms. The minimum absolute atomic E-state index is 0.0337.